The molecule has 1 aromatic carbocycles. The summed E-state index contributed by atoms with van der Waals surface area (Å²) in [5, 5.41) is 0. The van der Waals surface area contributed by atoms with E-state index in [1.807, 2.05) is 31.2 Å². The number of benzene rings is 1. The highest BCUT2D eigenvalue weighted by molar-refractivity contribution is 5.71. The third-order valence-electron chi connectivity index (χ3n) is 4.05. The van der Waals surface area contributed by atoms with Crippen molar-refractivity contribution in [3.8, 4) is 11.5 Å². The first-order valence-corrected chi connectivity index (χ1v) is 7.44. The molecule has 6 nitrogen and oxygen atoms in total. The van der Waals surface area contributed by atoms with Crippen molar-refractivity contribution in [2.24, 2.45) is 0 Å². The maximum atomic E-state index is 12.6. The molecule has 0 N–H and O–H groups in total. The van der Waals surface area contributed by atoms with E-state index in [1.54, 1.807) is 29.2 Å². The van der Waals surface area contributed by atoms with Crippen molar-refractivity contribution < 1.29 is 9.47 Å². The van der Waals surface area contributed by atoms with Crippen molar-refractivity contribution in [3.63, 3.8) is 0 Å². The molecule has 23 heavy (non-hydrogen) atoms. The summed E-state index contributed by atoms with van der Waals surface area (Å²) < 4.78 is 13.3. The van der Waals surface area contributed by atoms with E-state index in [2.05, 4.69) is 9.97 Å². The molecule has 2 aromatic heterocycles. The lowest BCUT2D eigenvalue weighted by molar-refractivity contribution is 0.0559. The average molecular weight is 309 g/mol. The number of hydrogen-bond acceptors (Lipinski definition) is 5. The SMILES string of the molecule is CC(C1COc2ccccc2O1)n1cnc2cccnc2c1=O. The fourth-order valence-electron chi connectivity index (χ4n) is 2.71. The maximum absolute atomic E-state index is 12.6. The molecule has 1 aliphatic heterocycles. The van der Waals surface area contributed by atoms with Crippen LogP contribution in [-0.2, 0) is 0 Å². The Morgan fingerprint density at radius 3 is 2.87 bits per heavy atom. The van der Waals surface area contributed by atoms with Gasteiger partial charge in [-0.3, -0.25) is 9.36 Å². The van der Waals surface area contributed by atoms with Crippen LogP contribution in [0.2, 0.25) is 0 Å². The minimum Gasteiger partial charge on any atom is -0.486 e. The lowest BCUT2D eigenvalue weighted by atomic mass is 10.1. The number of para-hydroxylation sites is 2. The monoisotopic (exact) mass is 309 g/mol. The summed E-state index contributed by atoms with van der Waals surface area (Å²) >= 11 is 0. The topological polar surface area (TPSA) is 66.2 Å². The van der Waals surface area contributed by atoms with E-state index in [0.29, 0.717) is 23.4 Å². The van der Waals surface area contributed by atoms with E-state index in [9.17, 15) is 4.79 Å². The number of hydrogen-bond donors (Lipinski definition) is 0. The molecule has 0 radical (unpaired) electrons. The van der Waals surface area contributed by atoms with Crippen LogP contribution in [0.4, 0.5) is 0 Å². The lowest BCUT2D eigenvalue weighted by Crippen LogP contribution is -2.40. The Bertz CT molecular complexity index is 922. The van der Waals surface area contributed by atoms with Crippen molar-refractivity contribution >= 4 is 11.0 Å². The van der Waals surface area contributed by atoms with Crippen LogP contribution >= 0.6 is 0 Å². The van der Waals surface area contributed by atoms with Crippen LogP contribution in [0.1, 0.15) is 13.0 Å². The highest BCUT2D eigenvalue weighted by Gasteiger charge is 2.28. The van der Waals surface area contributed by atoms with Crippen LogP contribution < -0.4 is 15.0 Å². The van der Waals surface area contributed by atoms with Crippen LogP contribution in [0, 0.1) is 0 Å². The van der Waals surface area contributed by atoms with Gasteiger partial charge in [0.2, 0.25) is 0 Å². The van der Waals surface area contributed by atoms with Gasteiger partial charge in [0.15, 0.2) is 23.1 Å². The Balaban J connectivity index is 1.69. The van der Waals surface area contributed by atoms with E-state index in [1.165, 1.54) is 0 Å². The second-order valence-electron chi connectivity index (χ2n) is 5.48. The summed E-state index contributed by atoms with van der Waals surface area (Å²) in [6.07, 6.45) is 2.86. The van der Waals surface area contributed by atoms with E-state index in [0.717, 1.165) is 5.75 Å². The van der Waals surface area contributed by atoms with Crippen molar-refractivity contribution in [2.75, 3.05) is 6.61 Å². The molecule has 4 rings (SSSR count). The van der Waals surface area contributed by atoms with Crippen LogP contribution in [0.5, 0.6) is 11.5 Å². The van der Waals surface area contributed by atoms with Gasteiger partial charge in [-0.05, 0) is 31.2 Å². The van der Waals surface area contributed by atoms with E-state index >= 15 is 0 Å². The van der Waals surface area contributed by atoms with Crippen molar-refractivity contribution in [1.82, 2.24) is 14.5 Å². The average Bonchev–Trinajstić information content (AvgIpc) is 2.61. The first kappa shape index (κ1) is 13.8. The van der Waals surface area contributed by atoms with Gasteiger partial charge in [-0.1, -0.05) is 12.1 Å². The lowest BCUT2D eigenvalue weighted by Gasteiger charge is -2.31. The molecular formula is C17H15N3O3. The molecule has 0 spiro atoms. The van der Waals surface area contributed by atoms with Gasteiger partial charge in [0.05, 0.1) is 17.9 Å². The predicted octanol–water partition coefficient (Wildman–Crippen LogP) is 2.19. The second-order valence-corrected chi connectivity index (χ2v) is 5.48. The number of pyridine rings is 1. The highest BCUT2D eigenvalue weighted by atomic mass is 16.6. The smallest absolute Gasteiger partial charge is 0.280 e. The minimum atomic E-state index is -0.273. The quantitative estimate of drug-likeness (QED) is 0.726. The van der Waals surface area contributed by atoms with Gasteiger partial charge in [-0.15, -0.1) is 0 Å². The normalized spacial score (nSPS) is 17.9. The zero-order valence-corrected chi connectivity index (χ0v) is 12.5. The number of nitrogens with zero attached hydrogens (tertiary/aromatic N) is 3. The van der Waals surface area contributed by atoms with Gasteiger partial charge in [-0.25, -0.2) is 9.97 Å². The van der Waals surface area contributed by atoms with Crippen LogP contribution in [0.15, 0.2) is 53.7 Å². The van der Waals surface area contributed by atoms with Crippen LogP contribution in [0.25, 0.3) is 11.0 Å². The van der Waals surface area contributed by atoms with Gasteiger partial charge in [0.25, 0.3) is 5.56 Å². The van der Waals surface area contributed by atoms with Gasteiger partial charge in [0, 0.05) is 6.20 Å². The minimum absolute atomic E-state index is 0.175. The fourth-order valence-corrected chi connectivity index (χ4v) is 2.71. The molecule has 116 valence electrons. The number of fused-ring (bicyclic) bond motifs is 2. The molecule has 0 amide bonds. The largest absolute Gasteiger partial charge is 0.486 e. The van der Waals surface area contributed by atoms with Crippen molar-refractivity contribution in [3.05, 3.63) is 59.3 Å². The molecule has 3 heterocycles. The molecule has 6 heteroatoms. The Hall–Kier alpha value is -2.89. The molecular weight excluding hydrogens is 294 g/mol. The van der Waals surface area contributed by atoms with Gasteiger partial charge < -0.3 is 9.47 Å². The van der Waals surface area contributed by atoms with Gasteiger partial charge in [-0.2, -0.15) is 0 Å². The summed E-state index contributed by atoms with van der Waals surface area (Å²) in [4.78, 5) is 21.1. The molecule has 0 aliphatic carbocycles. The Morgan fingerprint density at radius 1 is 1.17 bits per heavy atom. The molecule has 3 aromatic rings. The third-order valence-corrected chi connectivity index (χ3v) is 4.05. The number of rotatable bonds is 2. The Labute approximate surface area is 132 Å². The van der Waals surface area contributed by atoms with Crippen molar-refractivity contribution in [2.45, 2.75) is 19.1 Å². The summed E-state index contributed by atoms with van der Waals surface area (Å²) in [5.41, 5.74) is 0.775. The molecule has 2 unspecified atom stereocenters. The van der Waals surface area contributed by atoms with E-state index < -0.39 is 0 Å². The highest BCUT2D eigenvalue weighted by Crippen LogP contribution is 2.33. The van der Waals surface area contributed by atoms with E-state index in [4.69, 9.17) is 9.47 Å². The standard InChI is InChI=1S/C17H15N3O3/c1-11(15-9-22-13-6-2-3-7-14(13)23-15)20-10-19-12-5-4-8-18-16(12)17(20)21/h2-8,10-11,15H,9H2,1H3. The molecule has 1 aliphatic rings. The van der Waals surface area contributed by atoms with Gasteiger partial charge >= 0.3 is 0 Å². The zero-order chi connectivity index (χ0) is 15.8. The summed E-state index contributed by atoms with van der Waals surface area (Å²) in [6, 6.07) is 10.8. The fraction of sp³-hybridized carbons (Fsp3) is 0.235. The Kier molecular flexibility index (Phi) is 3.22. The first-order valence-electron chi connectivity index (χ1n) is 7.44. The zero-order valence-electron chi connectivity index (χ0n) is 12.5. The van der Waals surface area contributed by atoms with E-state index in [-0.39, 0.29) is 17.7 Å². The van der Waals surface area contributed by atoms with Gasteiger partial charge in [0.1, 0.15) is 6.61 Å². The summed E-state index contributed by atoms with van der Waals surface area (Å²) in [7, 11) is 0. The molecule has 0 bridgehead atoms. The number of aromatic nitrogens is 3. The molecule has 0 saturated heterocycles. The molecule has 0 fully saturated rings. The second kappa shape index (κ2) is 5.39. The predicted molar refractivity (Wildman–Crippen MR) is 84.9 cm³/mol. The molecule has 2 atom stereocenters. The summed E-state index contributed by atoms with van der Waals surface area (Å²) in [5.74, 6) is 1.41. The molecule has 0 saturated carbocycles. The Morgan fingerprint density at radius 2 is 2.00 bits per heavy atom. The van der Waals surface area contributed by atoms with Crippen LogP contribution in [-0.4, -0.2) is 27.2 Å². The summed E-state index contributed by atoms with van der Waals surface area (Å²) in [6.45, 7) is 2.30. The maximum Gasteiger partial charge on any atom is 0.280 e. The third kappa shape index (κ3) is 2.32. The van der Waals surface area contributed by atoms with Crippen LogP contribution in [0.3, 0.4) is 0 Å². The van der Waals surface area contributed by atoms with Crippen molar-refractivity contribution in [1.29, 1.82) is 0 Å². The number of ether oxygens (including phenoxy) is 2. The first-order chi connectivity index (χ1) is 11.2.